The number of aromatic nitrogens is 1. The summed E-state index contributed by atoms with van der Waals surface area (Å²) in [7, 11) is 0. The van der Waals surface area contributed by atoms with Crippen LogP contribution in [0.4, 0.5) is 0 Å². The fraction of sp³-hybridized carbons (Fsp3) is 0.448. The van der Waals surface area contributed by atoms with Gasteiger partial charge >= 0.3 is 5.97 Å². The summed E-state index contributed by atoms with van der Waals surface area (Å²) in [6.45, 7) is 4.56. The number of carboxylic acid groups (broad SMARTS) is 1. The van der Waals surface area contributed by atoms with Gasteiger partial charge in [-0.2, -0.15) is 28.1 Å². The first-order valence-corrected chi connectivity index (χ1v) is 16.3. The third-order valence-corrected chi connectivity index (χ3v) is 8.83. The second-order valence-corrected chi connectivity index (χ2v) is 12.3. The molecule has 1 aromatic heterocycles. The van der Waals surface area contributed by atoms with Crippen LogP contribution in [0, 0.1) is 0 Å². The molecule has 7 nitrogen and oxygen atoms in total. The van der Waals surface area contributed by atoms with Crippen molar-refractivity contribution in [3.05, 3.63) is 53.0 Å². The number of thiazole rings is 1. The van der Waals surface area contributed by atoms with Crippen LogP contribution < -0.4 is 14.0 Å². The lowest BCUT2D eigenvalue weighted by Gasteiger charge is -2.14. The maximum Gasteiger partial charge on any atom is 0.303 e. The molecule has 0 amide bonds. The predicted octanol–water partition coefficient (Wildman–Crippen LogP) is 5.49. The number of benzene rings is 2. The molecule has 0 fully saturated rings. The van der Waals surface area contributed by atoms with Crippen LogP contribution >= 0.6 is 34.9 Å². The third kappa shape index (κ3) is 10.0. The van der Waals surface area contributed by atoms with E-state index in [-0.39, 0.29) is 6.42 Å². The molecular weight excluding hydrogens is 555 g/mol. The number of aliphatic carboxylic acids is 1. The van der Waals surface area contributed by atoms with Gasteiger partial charge in [0.25, 0.3) is 5.01 Å². The van der Waals surface area contributed by atoms with E-state index in [0.717, 1.165) is 57.2 Å². The number of rotatable bonds is 6. The molecule has 1 N–H and O–H groups in total. The summed E-state index contributed by atoms with van der Waals surface area (Å²) in [6.07, 6.45) is 4.92. The molecule has 3 aromatic rings. The van der Waals surface area contributed by atoms with Gasteiger partial charge in [-0.1, -0.05) is 29.5 Å². The second-order valence-electron chi connectivity index (χ2n) is 8.74. The van der Waals surface area contributed by atoms with Crippen molar-refractivity contribution < 1.29 is 33.4 Å². The fourth-order valence-corrected chi connectivity index (χ4v) is 6.38. The third-order valence-electron chi connectivity index (χ3n) is 5.88. The number of carboxylic acids is 1. The van der Waals surface area contributed by atoms with Crippen molar-refractivity contribution >= 4 is 63.2 Å². The van der Waals surface area contributed by atoms with E-state index < -0.39 is 5.97 Å². The minimum atomic E-state index is -0.768. The molecule has 0 spiro atoms. The number of nitrogens with zero attached hydrogens (tertiary/aromatic N) is 1. The summed E-state index contributed by atoms with van der Waals surface area (Å²) in [6, 6.07) is 14.3. The van der Waals surface area contributed by atoms with E-state index in [2.05, 4.69) is 28.9 Å². The number of hydrogen-bond acceptors (Lipinski definition) is 8. The van der Waals surface area contributed by atoms with Crippen molar-refractivity contribution in [1.29, 1.82) is 0 Å². The van der Waals surface area contributed by atoms with E-state index >= 15 is 0 Å². The first-order valence-electron chi connectivity index (χ1n) is 13.2. The molecule has 2 aromatic carbocycles. The molecule has 0 saturated carbocycles. The SMILES string of the molecule is O=C(O)CCC[n+]1c(/C=C\c2ccc3c(c2)OCCSCCOCCOCCSCCO3)sc2ccccc21. The minimum absolute atomic E-state index is 0.153. The van der Waals surface area contributed by atoms with Crippen molar-refractivity contribution in [2.45, 2.75) is 19.4 Å². The van der Waals surface area contributed by atoms with Crippen molar-refractivity contribution in [3.8, 4) is 11.5 Å². The standard InChI is InChI=1S/C29H35NO6S3/c31-29(32)6-3-11-30-24-4-1-2-5-27(24)39-28(30)10-8-23-7-9-25-26(22-23)36-17-21-38-19-15-34-13-12-33-14-18-37-20-16-35-25/h1-2,4-5,7-10,22H,3,6,11-21H2/p+1/b10-8-. The van der Waals surface area contributed by atoms with Gasteiger partial charge in [0.1, 0.15) is 4.70 Å². The Morgan fingerprint density at radius 2 is 1.54 bits per heavy atom. The van der Waals surface area contributed by atoms with E-state index in [1.807, 2.05) is 53.9 Å². The molecule has 4 rings (SSSR count). The molecule has 0 aliphatic carbocycles. The quantitative estimate of drug-likeness (QED) is 0.378. The molecule has 0 unspecified atom stereocenters. The zero-order valence-corrected chi connectivity index (χ0v) is 24.5. The van der Waals surface area contributed by atoms with E-state index in [9.17, 15) is 4.79 Å². The monoisotopic (exact) mass is 590 g/mol. The fourth-order valence-electron chi connectivity index (χ4n) is 4.01. The number of ether oxygens (including phenoxy) is 4. The van der Waals surface area contributed by atoms with Gasteiger partial charge in [0.05, 0.1) is 46.1 Å². The Labute approximate surface area is 242 Å². The van der Waals surface area contributed by atoms with Gasteiger partial charge in [-0.3, -0.25) is 4.79 Å². The molecule has 39 heavy (non-hydrogen) atoms. The number of aryl methyl sites for hydroxylation is 1. The van der Waals surface area contributed by atoms with Crippen LogP contribution in [0.2, 0.25) is 0 Å². The smallest absolute Gasteiger partial charge is 0.303 e. The highest BCUT2D eigenvalue weighted by Crippen LogP contribution is 2.30. The van der Waals surface area contributed by atoms with Gasteiger partial charge in [-0.15, -0.1) is 0 Å². The van der Waals surface area contributed by atoms with Crippen LogP contribution in [-0.2, 0) is 20.8 Å². The van der Waals surface area contributed by atoms with Crippen molar-refractivity contribution in [3.63, 3.8) is 0 Å². The van der Waals surface area contributed by atoms with Crippen molar-refractivity contribution in [2.75, 3.05) is 62.7 Å². The van der Waals surface area contributed by atoms with Crippen LogP contribution in [0.1, 0.15) is 23.4 Å². The Morgan fingerprint density at radius 1 is 0.846 bits per heavy atom. The summed E-state index contributed by atoms with van der Waals surface area (Å²) >= 11 is 5.32. The summed E-state index contributed by atoms with van der Waals surface area (Å²) in [5.41, 5.74) is 2.14. The van der Waals surface area contributed by atoms with Crippen molar-refractivity contribution in [1.82, 2.24) is 0 Å². The maximum atomic E-state index is 11.1. The van der Waals surface area contributed by atoms with Crippen LogP contribution in [0.3, 0.4) is 0 Å². The Hall–Kier alpha value is -2.24. The normalized spacial score (nSPS) is 16.6. The summed E-state index contributed by atoms with van der Waals surface area (Å²) in [4.78, 5) is 11.1. The van der Waals surface area contributed by atoms with Gasteiger partial charge in [0.15, 0.2) is 18.0 Å². The largest absolute Gasteiger partial charge is 0.489 e. The highest BCUT2D eigenvalue weighted by molar-refractivity contribution is 7.99. The number of para-hydroxylation sites is 1. The molecule has 2 heterocycles. The summed E-state index contributed by atoms with van der Waals surface area (Å²) in [5.74, 6) is 4.33. The van der Waals surface area contributed by atoms with E-state index in [0.29, 0.717) is 46.0 Å². The molecule has 0 saturated heterocycles. The molecular formula is C29H36NO6S3+. The van der Waals surface area contributed by atoms with Crippen LogP contribution in [-0.4, -0.2) is 73.7 Å². The Bertz CT molecular complexity index is 1210. The zero-order chi connectivity index (χ0) is 27.1. The van der Waals surface area contributed by atoms with E-state index in [1.54, 1.807) is 11.3 Å². The van der Waals surface area contributed by atoms with E-state index in [4.69, 9.17) is 24.1 Å². The molecule has 0 radical (unpaired) electrons. The van der Waals surface area contributed by atoms with Crippen LogP contribution in [0.25, 0.3) is 22.4 Å². The lowest BCUT2D eigenvalue weighted by Crippen LogP contribution is -2.35. The lowest BCUT2D eigenvalue weighted by atomic mass is 10.2. The molecule has 1 aliphatic rings. The predicted molar refractivity (Wildman–Crippen MR) is 162 cm³/mol. The van der Waals surface area contributed by atoms with Gasteiger partial charge < -0.3 is 24.1 Å². The van der Waals surface area contributed by atoms with Gasteiger partial charge in [0.2, 0.25) is 5.52 Å². The van der Waals surface area contributed by atoms with Gasteiger partial charge in [0, 0.05) is 41.6 Å². The molecule has 10 heteroatoms. The number of hydrogen-bond donors (Lipinski definition) is 1. The van der Waals surface area contributed by atoms with E-state index in [1.165, 1.54) is 4.70 Å². The Morgan fingerprint density at radius 3 is 2.28 bits per heavy atom. The van der Waals surface area contributed by atoms with Gasteiger partial charge in [-0.05, 0) is 29.8 Å². The first kappa shape index (κ1) is 29.7. The van der Waals surface area contributed by atoms with Crippen molar-refractivity contribution in [2.24, 2.45) is 0 Å². The minimum Gasteiger partial charge on any atom is -0.489 e. The zero-order valence-electron chi connectivity index (χ0n) is 22.0. The maximum absolute atomic E-state index is 11.1. The molecule has 0 bridgehead atoms. The van der Waals surface area contributed by atoms with Crippen LogP contribution in [0.15, 0.2) is 42.5 Å². The summed E-state index contributed by atoms with van der Waals surface area (Å²) < 4.78 is 26.9. The average molecular weight is 591 g/mol. The highest BCUT2D eigenvalue weighted by atomic mass is 32.2. The molecule has 1 aliphatic heterocycles. The average Bonchev–Trinajstić information content (AvgIpc) is 3.29. The topological polar surface area (TPSA) is 78.1 Å². The second kappa shape index (κ2) is 16.8. The number of carbonyl (C=O) groups is 1. The Balaban J connectivity index is 1.47. The molecule has 0 atom stereocenters. The lowest BCUT2D eigenvalue weighted by molar-refractivity contribution is -0.669. The molecule has 210 valence electrons. The summed E-state index contributed by atoms with van der Waals surface area (Å²) in [5, 5.41) is 10.2. The Kier molecular flexibility index (Phi) is 12.8. The first-order chi connectivity index (χ1) is 19.2. The van der Waals surface area contributed by atoms with Gasteiger partial charge in [-0.25, -0.2) is 0 Å². The van der Waals surface area contributed by atoms with Crippen LogP contribution in [0.5, 0.6) is 11.5 Å². The number of thioether (sulfide) groups is 2. The highest BCUT2D eigenvalue weighted by Gasteiger charge is 2.18. The number of fused-ring (bicyclic) bond motifs is 2.